The zero-order valence-corrected chi connectivity index (χ0v) is 28.7. The number of amides is 1. The number of sulfone groups is 1. The molecule has 0 saturated heterocycles. The Morgan fingerprint density at radius 3 is 2.46 bits per heavy atom. The fraction of sp³-hybridized carbons (Fsp3) is 0.629. The highest BCUT2D eigenvalue weighted by atomic mass is 32.2. The summed E-state index contributed by atoms with van der Waals surface area (Å²) in [6.07, 6.45) is 2.88. The zero-order chi connectivity index (χ0) is 33.9. The first-order valence-corrected chi connectivity index (χ1v) is 18.3. The van der Waals surface area contributed by atoms with Crippen LogP contribution in [0.3, 0.4) is 0 Å². The second kappa shape index (κ2) is 17.6. The van der Waals surface area contributed by atoms with E-state index < -0.39 is 39.5 Å². The van der Waals surface area contributed by atoms with Gasteiger partial charge in [-0.3, -0.25) is 4.79 Å². The fourth-order valence-corrected chi connectivity index (χ4v) is 8.67. The molecule has 3 rings (SSSR count). The number of nitrogens with one attached hydrogen (secondary N) is 2. The molecule has 2 aromatic carbocycles. The SMILES string of the molecule is CCCC[C@]1(CC)CS(=O)(=O)c2ccc(N(C)C)cc2[C@@H](c2cccc(NC(=O)CCCCNCC(O)CCC(O)CO)c2)C1O. The number of anilines is 2. The van der Waals surface area contributed by atoms with E-state index in [-0.39, 0.29) is 23.2 Å². The normalized spacial score (nSPS) is 22.0. The minimum Gasteiger partial charge on any atom is -0.394 e. The van der Waals surface area contributed by atoms with Gasteiger partial charge in [0.15, 0.2) is 9.84 Å². The van der Waals surface area contributed by atoms with E-state index in [9.17, 15) is 28.5 Å². The number of unbranched alkanes of at least 4 members (excludes halogenated alkanes) is 2. The zero-order valence-electron chi connectivity index (χ0n) is 27.9. The molecule has 2 aromatic rings. The summed E-state index contributed by atoms with van der Waals surface area (Å²) in [5.41, 5.74) is 1.95. The number of hydrogen-bond acceptors (Lipinski definition) is 9. The Kier molecular flexibility index (Phi) is 14.5. The van der Waals surface area contributed by atoms with Crippen LogP contribution >= 0.6 is 0 Å². The highest BCUT2D eigenvalue weighted by Crippen LogP contribution is 2.49. The molecule has 258 valence electrons. The van der Waals surface area contributed by atoms with E-state index in [2.05, 4.69) is 17.6 Å². The van der Waals surface area contributed by atoms with Crippen molar-refractivity contribution in [3.05, 3.63) is 53.6 Å². The van der Waals surface area contributed by atoms with Crippen LogP contribution in [0.5, 0.6) is 0 Å². The molecule has 0 saturated carbocycles. The van der Waals surface area contributed by atoms with Gasteiger partial charge in [0, 0.05) is 49.8 Å². The van der Waals surface area contributed by atoms with Crippen LogP contribution in [0, 0.1) is 5.41 Å². The van der Waals surface area contributed by atoms with Gasteiger partial charge in [0.25, 0.3) is 0 Å². The molecule has 0 aromatic heterocycles. The van der Waals surface area contributed by atoms with Gasteiger partial charge in [0.1, 0.15) is 0 Å². The Balaban J connectivity index is 1.76. The molecule has 0 aliphatic carbocycles. The lowest BCUT2D eigenvalue weighted by molar-refractivity contribution is -0.116. The van der Waals surface area contributed by atoms with Gasteiger partial charge in [0.2, 0.25) is 5.91 Å². The van der Waals surface area contributed by atoms with Crippen LogP contribution in [0.4, 0.5) is 11.4 Å². The first-order chi connectivity index (χ1) is 21.9. The maximum Gasteiger partial charge on any atom is 0.224 e. The first kappa shape index (κ1) is 37.9. The van der Waals surface area contributed by atoms with Crippen molar-refractivity contribution < 1.29 is 33.6 Å². The molecule has 1 heterocycles. The Morgan fingerprint density at radius 2 is 1.78 bits per heavy atom. The van der Waals surface area contributed by atoms with Crippen molar-refractivity contribution in [3.63, 3.8) is 0 Å². The molecule has 10 nitrogen and oxygen atoms in total. The van der Waals surface area contributed by atoms with Crippen molar-refractivity contribution in [3.8, 4) is 0 Å². The van der Waals surface area contributed by atoms with E-state index in [0.29, 0.717) is 62.9 Å². The van der Waals surface area contributed by atoms with Crippen LogP contribution in [-0.4, -0.2) is 92.6 Å². The van der Waals surface area contributed by atoms with E-state index in [1.165, 1.54) is 0 Å². The molecule has 0 spiro atoms. The second-order valence-electron chi connectivity index (χ2n) is 13.0. The predicted molar refractivity (Wildman–Crippen MR) is 183 cm³/mol. The molecule has 1 amide bonds. The number of fused-ring (bicyclic) bond motifs is 1. The van der Waals surface area contributed by atoms with Gasteiger partial charge in [0.05, 0.1) is 35.6 Å². The molecule has 6 N–H and O–H groups in total. The van der Waals surface area contributed by atoms with Crippen molar-refractivity contribution in [2.24, 2.45) is 5.41 Å². The summed E-state index contributed by atoms with van der Waals surface area (Å²) < 4.78 is 27.8. The smallest absolute Gasteiger partial charge is 0.224 e. The van der Waals surface area contributed by atoms with E-state index in [1.54, 1.807) is 12.1 Å². The van der Waals surface area contributed by atoms with Crippen LogP contribution in [-0.2, 0) is 14.6 Å². The predicted octanol–water partition coefficient (Wildman–Crippen LogP) is 3.81. The number of aliphatic hydroxyl groups excluding tert-OH is 4. The average Bonchev–Trinajstić information content (AvgIpc) is 3.10. The Morgan fingerprint density at radius 1 is 1.04 bits per heavy atom. The van der Waals surface area contributed by atoms with Crippen molar-refractivity contribution in [1.82, 2.24) is 5.32 Å². The minimum atomic E-state index is -3.69. The summed E-state index contributed by atoms with van der Waals surface area (Å²) in [6, 6.07) is 12.8. The standard InChI is InChI=1S/C35H55N3O7S/c1-5-7-18-35(6-2)24-46(44,45)31-17-14-27(38(3)4)21-30(31)33(34(35)43)25-11-10-12-26(20-25)37-32(42)13-8-9-19-36-22-28(40)15-16-29(41)23-39/h10-12,14,17,20-21,28-29,33-34,36,39-41,43H,5-9,13,15-16,18-19,22-24H2,1-4H3,(H,37,42)/t28?,29?,33-,34?,35-/m1/s1. The molecule has 1 aliphatic rings. The minimum absolute atomic E-state index is 0.112. The lowest BCUT2D eigenvalue weighted by atomic mass is 9.69. The first-order valence-electron chi connectivity index (χ1n) is 16.7. The number of rotatable bonds is 18. The summed E-state index contributed by atoms with van der Waals surface area (Å²) in [5.74, 6) is -0.853. The molecular formula is C35H55N3O7S. The van der Waals surface area contributed by atoms with Crippen LogP contribution < -0.4 is 15.5 Å². The van der Waals surface area contributed by atoms with Gasteiger partial charge >= 0.3 is 0 Å². The van der Waals surface area contributed by atoms with Crippen LogP contribution in [0.2, 0.25) is 0 Å². The van der Waals surface area contributed by atoms with E-state index >= 15 is 0 Å². The summed E-state index contributed by atoms with van der Waals surface area (Å²) in [4.78, 5) is 15.0. The summed E-state index contributed by atoms with van der Waals surface area (Å²) in [5, 5.41) is 46.6. The van der Waals surface area contributed by atoms with Gasteiger partial charge in [-0.1, -0.05) is 38.8 Å². The van der Waals surface area contributed by atoms with Crippen LogP contribution in [0.1, 0.15) is 88.7 Å². The third-order valence-corrected chi connectivity index (χ3v) is 11.3. The van der Waals surface area contributed by atoms with E-state index in [0.717, 1.165) is 30.5 Å². The second-order valence-corrected chi connectivity index (χ2v) is 15.0. The number of carbonyl (C=O) groups excluding carboxylic acids is 1. The van der Waals surface area contributed by atoms with E-state index in [1.807, 2.05) is 56.3 Å². The number of hydrogen-bond donors (Lipinski definition) is 6. The Bertz CT molecular complexity index is 1370. The topological polar surface area (TPSA) is 159 Å². The highest BCUT2D eigenvalue weighted by Gasteiger charge is 2.49. The largest absolute Gasteiger partial charge is 0.394 e. The third kappa shape index (κ3) is 9.98. The van der Waals surface area contributed by atoms with Gasteiger partial charge in [-0.05, 0) is 86.5 Å². The molecule has 5 atom stereocenters. The Hall–Kier alpha value is -2.54. The van der Waals surface area contributed by atoms with Crippen LogP contribution in [0.25, 0.3) is 0 Å². The van der Waals surface area contributed by atoms with Gasteiger partial charge in [-0.15, -0.1) is 0 Å². The number of benzene rings is 2. The molecule has 11 heteroatoms. The van der Waals surface area contributed by atoms with Crippen molar-refractivity contribution in [1.29, 1.82) is 0 Å². The number of nitrogens with zero attached hydrogens (tertiary/aromatic N) is 1. The van der Waals surface area contributed by atoms with Gasteiger partial charge in [-0.25, -0.2) is 8.42 Å². The van der Waals surface area contributed by atoms with Gasteiger partial charge < -0.3 is 36.0 Å². The highest BCUT2D eigenvalue weighted by molar-refractivity contribution is 7.91. The Labute approximate surface area is 275 Å². The molecule has 3 unspecified atom stereocenters. The molecule has 0 fully saturated rings. The van der Waals surface area contributed by atoms with Gasteiger partial charge in [-0.2, -0.15) is 0 Å². The lowest BCUT2D eigenvalue weighted by Crippen LogP contribution is -2.42. The average molecular weight is 662 g/mol. The third-order valence-electron chi connectivity index (χ3n) is 9.29. The van der Waals surface area contributed by atoms with Crippen LogP contribution in [0.15, 0.2) is 47.4 Å². The number of carbonyl (C=O) groups is 1. The summed E-state index contributed by atoms with van der Waals surface area (Å²) in [7, 11) is 0.113. The maximum atomic E-state index is 13.9. The lowest BCUT2D eigenvalue weighted by Gasteiger charge is -2.39. The summed E-state index contributed by atoms with van der Waals surface area (Å²) >= 11 is 0. The van der Waals surface area contributed by atoms with Crippen molar-refractivity contribution >= 4 is 27.1 Å². The van der Waals surface area contributed by atoms with E-state index in [4.69, 9.17) is 5.11 Å². The fourth-order valence-electron chi connectivity index (χ4n) is 6.42. The molecule has 46 heavy (non-hydrogen) atoms. The molecule has 1 aliphatic heterocycles. The molecule has 0 radical (unpaired) electrons. The molecule has 0 bridgehead atoms. The quantitative estimate of drug-likeness (QED) is 0.131. The van der Waals surface area contributed by atoms with Crippen molar-refractivity contribution in [2.75, 3.05) is 49.8 Å². The monoisotopic (exact) mass is 661 g/mol. The number of aliphatic hydroxyl groups is 4. The van der Waals surface area contributed by atoms with Crippen molar-refractivity contribution in [2.45, 2.75) is 101 Å². The molecular weight excluding hydrogens is 606 g/mol. The maximum absolute atomic E-state index is 13.9. The summed E-state index contributed by atoms with van der Waals surface area (Å²) in [6.45, 7) is 4.73.